The number of anilines is 1. The number of likely N-dealkylation sites (N-methyl/N-ethyl adjacent to an activating group) is 1. The first-order chi connectivity index (χ1) is 8.52. The highest BCUT2D eigenvalue weighted by Crippen LogP contribution is 2.31. The molecule has 0 aliphatic carbocycles. The summed E-state index contributed by atoms with van der Waals surface area (Å²) in [6.07, 6.45) is 0.352. The molecule has 0 fully saturated rings. The van der Waals surface area contributed by atoms with Crippen LogP contribution in [0.25, 0.3) is 0 Å². The molecule has 18 heavy (non-hydrogen) atoms. The molecule has 1 aliphatic rings. The van der Waals surface area contributed by atoms with Gasteiger partial charge in [0, 0.05) is 12.2 Å². The Morgan fingerprint density at radius 2 is 2.28 bits per heavy atom. The third kappa shape index (κ3) is 2.34. The lowest BCUT2D eigenvalue weighted by Crippen LogP contribution is -2.25. The zero-order valence-corrected chi connectivity index (χ0v) is 11.0. The van der Waals surface area contributed by atoms with E-state index in [1.54, 1.807) is 30.0 Å². The normalized spacial score (nSPS) is 15.5. The van der Waals surface area contributed by atoms with Crippen LogP contribution < -0.4 is 9.64 Å². The number of hydrogen-bond acceptors (Lipinski definition) is 3. The Hall–Kier alpha value is -1.55. The molecule has 0 saturated heterocycles. The van der Waals surface area contributed by atoms with Crippen LogP contribution in [0.5, 0.6) is 5.75 Å². The number of esters is 1. The Morgan fingerprint density at radius 3 is 2.89 bits per heavy atom. The molecule has 1 unspecified atom stereocenters. The van der Waals surface area contributed by atoms with E-state index >= 15 is 0 Å². The second kappa shape index (κ2) is 4.98. The Balaban J connectivity index is 2.22. The molecular formula is C13H14ClNO3. The van der Waals surface area contributed by atoms with Crippen LogP contribution in [0, 0.1) is 0 Å². The molecule has 0 N–H and O–H groups in total. The molecule has 0 radical (unpaired) electrons. The van der Waals surface area contributed by atoms with Crippen molar-refractivity contribution in [2.45, 2.75) is 25.6 Å². The number of benzene rings is 1. The Morgan fingerprint density at radius 1 is 1.56 bits per heavy atom. The van der Waals surface area contributed by atoms with Crippen LogP contribution in [0.4, 0.5) is 5.69 Å². The molecule has 0 saturated carbocycles. The molecule has 1 aromatic rings. The molecular weight excluding hydrogens is 254 g/mol. The standard InChI is InChI=1S/C13H14ClNO3/c1-3-15-11-5-4-10(18-13(17)8(2)14)6-9(11)7-12(15)16/h4-6,8H,3,7H2,1-2H3. The molecule has 1 aliphatic heterocycles. The van der Waals surface area contributed by atoms with Crippen molar-refractivity contribution < 1.29 is 14.3 Å². The lowest BCUT2D eigenvalue weighted by molar-refractivity contribution is -0.133. The molecule has 96 valence electrons. The number of rotatable bonds is 3. The van der Waals surface area contributed by atoms with Crippen molar-refractivity contribution in [3.05, 3.63) is 23.8 Å². The molecule has 2 rings (SSSR count). The third-order valence-electron chi connectivity index (χ3n) is 2.84. The number of hydrogen-bond donors (Lipinski definition) is 0. The highest BCUT2D eigenvalue weighted by molar-refractivity contribution is 6.29. The molecule has 1 aromatic carbocycles. The summed E-state index contributed by atoms with van der Waals surface area (Å²) in [6.45, 7) is 4.12. The molecule has 5 heteroatoms. The largest absolute Gasteiger partial charge is 0.425 e. The van der Waals surface area contributed by atoms with Crippen LogP contribution in [0.15, 0.2) is 18.2 Å². The van der Waals surface area contributed by atoms with Crippen LogP contribution in [0.3, 0.4) is 0 Å². The maximum absolute atomic E-state index is 11.7. The van der Waals surface area contributed by atoms with Gasteiger partial charge in [-0.05, 0) is 37.6 Å². The highest BCUT2D eigenvalue weighted by atomic mass is 35.5. The van der Waals surface area contributed by atoms with Gasteiger partial charge >= 0.3 is 5.97 Å². The SMILES string of the molecule is CCN1C(=O)Cc2cc(OC(=O)C(C)Cl)ccc21. The minimum Gasteiger partial charge on any atom is -0.425 e. The van der Waals surface area contributed by atoms with Crippen LogP contribution in [-0.4, -0.2) is 23.8 Å². The minimum absolute atomic E-state index is 0.0710. The van der Waals surface area contributed by atoms with Gasteiger partial charge in [-0.2, -0.15) is 0 Å². The van der Waals surface area contributed by atoms with Crippen molar-refractivity contribution in [3.8, 4) is 5.75 Å². The first-order valence-electron chi connectivity index (χ1n) is 5.82. The lowest BCUT2D eigenvalue weighted by Gasteiger charge is -2.14. The topological polar surface area (TPSA) is 46.6 Å². The maximum atomic E-state index is 11.7. The van der Waals surface area contributed by atoms with Gasteiger partial charge < -0.3 is 9.64 Å². The minimum atomic E-state index is -0.688. The van der Waals surface area contributed by atoms with Gasteiger partial charge in [0.1, 0.15) is 11.1 Å². The molecule has 1 amide bonds. The summed E-state index contributed by atoms with van der Waals surface area (Å²) in [5, 5.41) is -0.688. The fourth-order valence-corrected chi connectivity index (χ4v) is 2.01. The lowest BCUT2D eigenvalue weighted by atomic mass is 10.1. The average Bonchev–Trinajstić information content (AvgIpc) is 2.63. The Bertz CT molecular complexity index is 499. The average molecular weight is 268 g/mol. The first kappa shape index (κ1) is 12.9. The van der Waals surface area contributed by atoms with E-state index in [1.807, 2.05) is 6.92 Å². The fourth-order valence-electron chi connectivity index (χ4n) is 1.97. The second-order valence-electron chi connectivity index (χ2n) is 4.14. The number of halogens is 1. The summed E-state index contributed by atoms with van der Waals surface area (Å²) >= 11 is 5.63. The van der Waals surface area contributed by atoms with Crippen molar-refractivity contribution in [3.63, 3.8) is 0 Å². The molecule has 4 nitrogen and oxygen atoms in total. The summed E-state index contributed by atoms with van der Waals surface area (Å²) in [7, 11) is 0. The number of amides is 1. The summed E-state index contributed by atoms with van der Waals surface area (Å²) in [6, 6.07) is 5.20. The van der Waals surface area contributed by atoms with E-state index in [9.17, 15) is 9.59 Å². The fraction of sp³-hybridized carbons (Fsp3) is 0.385. The maximum Gasteiger partial charge on any atom is 0.329 e. The second-order valence-corrected chi connectivity index (χ2v) is 4.80. The van der Waals surface area contributed by atoms with Crippen molar-refractivity contribution in [2.75, 3.05) is 11.4 Å². The number of ether oxygens (including phenoxy) is 1. The van der Waals surface area contributed by atoms with Gasteiger partial charge in [-0.3, -0.25) is 9.59 Å². The zero-order valence-electron chi connectivity index (χ0n) is 10.3. The van der Waals surface area contributed by atoms with Crippen LogP contribution in [0.1, 0.15) is 19.4 Å². The van der Waals surface area contributed by atoms with Gasteiger partial charge in [0.25, 0.3) is 0 Å². The summed E-state index contributed by atoms with van der Waals surface area (Å²) < 4.78 is 5.10. The van der Waals surface area contributed by atoms with E-state index in [-0.39, 0.29) is 5.91 Å². The number of fused-ring (bicyclic) bond motifs is 1. The molecule has 1 heterocycles. The zero-order chi connectivity index (χ0) is 13.3. The Labute approximate surface area is 110 Å². The van der Waals surface area contributed by atoms with Gasteiger partial charge in [-0.15, -0.1) is 11.6 Å². The van der Waals surface area contributed by atoms with Gasteiger partial charge in [0.15, 0.2) is 0 Å². The third-order valence-corrected chi connectivity index (χ3v) is 3.02. The van der Waals surface area contributed by atoms with Crippen molar-refractivity contribution in [1.29, 1.82) is 0 Å². The van der Waals surface area contributed by atoms with Crippen molar-refractivity contribution in [2.24, 2.45) is 0 Å². The molecule has 0 spiro atoms. The monoisotopic (exact) mass is 267 g/mol. The molecule has 0 bridgehead atoms. The van der Waals surface area contributed by atoms with E-state index in [4.69, 9.17) is 16.3 Å². The van der Waals surface area contributed by atoms with E-state index in [2.05, 4.69) is 0 Å². The highest BCUT2D eigenvalue weighted by Gasteiger charge is 2.26. The number of carbonyl (C=O) groups excluding carboxylic acids is 2. The van der Waals surface area contributed by atoms with Crippen LogP contribution in [-0.2, 0) is 16.0 Å². The smallest absolute Gasteiger partial charge is 0.329 e. The first-order valence-corrected chi connectivity index (χ1v) is 6.25. The number of nitrogens with zero attached hydrogens (tertiary/aromatic N) is 1. The predicted octanol–water partition coefficient (Wildman–Crippen LogP) is 2.13. The van der Waals surface area contributed by atoms with Gasteiger partial charge in [-0.1, -0.05) is 0 Å². The summed E-state index contributed by atoms with van der Waals surface area (Å²) in [5.41, 5.74) is 1.77. The predicted molar refractivity (Wildman–Crippen MR) is 69.1 cm³/mol. The molecule has 0 aromatic heterocycles. The van der Waals surface area contributed by atoms with E-state index in [0.717, 1.165) is 11.3 Å². The molecule has 1 atom stereocenters. The Kier molecular flexibility index (Phi) is 3.57. The van der Waals surface area contributed by atoms with Crippen molar-refractivity contribution in [1.82, 2.24) is 0 Å². The number of alkyl halides is 1. The quantitative estimate of drug-likeness (QED) is 0.479. The van der Waals surface area contributed by atoms with E-state index < -0.39 is 11.3 Å². The summed E-state index contributed by atoms with van der Waals surface area (Å²) in [4.78, 5) is 24.8. The van der Waals surface area contributed by atoms with Gasteiger partial charge in [0.05, 0.1) is 6.42 Å². The van der Waals surface area contributed by atoms with Crippen LogP contribution in [0.2, 0.25) is 0 Å². The van der Waals surface area contributed by atoms with Crippen LogP contribution >= 0.6 is 11.6 Å². The van der Waals surface area contributed by atoms with E-state index in [0.29, 0.717) is 18.7 Å². The van der Waals surface area contributed by atoms with Gasteiger partial charge in [-0.25, -0.2) is 0 Å². The van der Waals surface area contributed by atoms with Crippen molar-refractivity contribution >= 4 is 29.2 Å². The number of carbonyl (C=O) groups is 2. The van der Waals surface area contributed by atoms with E-state index in [1.165, 1.54) is 0 Å². The summed E-state index contributed by atoms with van der Waals surface area (Å²) in [5.74, 6) is 0.00646. The van der Waals surface area contributed by atoms with Gasteiger partial charge in [0.2, 0.25) is 5.91 Å².